The lowest BCUT2D eigenvalue weighted by Gasteiger charge is -2.36. The van der Waals surface area contributed by atoms with Gasteiger partial charge in [0.25, 0.3) is 0 Å². The zero-order valence-corrected chi connectivity index (χ0v) is 23.2. The summed E-state index contributed by atoms with van der Waals surface area (Å²) in [4.78, 5) is 23.8. The summed E-state index contributed by atoms with van der Waals surface area (Å²) < 4.78 is 16.8. The number of hydrogen-bond donors (Lipinski definition) is 1. The highest BCUT2D eigenvalue weighted by molar-refractivity contribution is 8.09. The van der Waals surface area contributed by atoms with Gasteiger partial charge in [-0.2, -0.15) is 0 Å². The van der Waals surface area contributed by atoms with Crippen molar-refractivity contribution in [2.45, 2.75) is 95.7 Å². The van der Waals surface area contributed by atoms with Gasteiger partial charge in [0.1, 0.15) is 11.4 Å². The Bertz CT molecular complexity index is 864. The summed E-state index contributed by atoms with van der Waals surface area (Å²) in [5.41, 5.74) is 2.73. The Morgan fingerprint density at radius 2 is 1.62 bits per heavy atom. The Kier molecular flexibility index (Phi) is 7.42. The summed E-state index contributed by atoms with van der Waals surface area (Å²) >= 11 is 1.39. The van der Waals surface area contributed by atoms with E-state index in [0.29, 0.717) is 6.42 Å². The Morgan fingerprint density at radius 1 is 1.09 bits per heavy atom. The summed E-state index contributed by atoms with van der Waals surface area (Å²) in [5.74, 6) is 0.427. The van der Waals surface area contributed by atoms with Gasteiger partial charge in [-0.05, 0) is 88.0 Å². The number of thioether (sulfide) groups is 1. The predicted octanol–water partition coefficient (Wildman–Crippen LogP) is 5.74. The predicted molar refractivity (Wildman–Crippen MR) is 133 cm³/mol. The lowest BCUT2D eigenvalue weighted by atomic mass is 9.96. The number of hydrogen-bond acceptors (Lipinski definition) is 6. The molecule has 1 aliphatic rings. The van der Waals surface area contributed by atoms with Gasteiger partial charge in [-0.3, -0.25) is 5.32 Å². The second kappa shape index (κ2) is 8.93. The van der Waals surface area contributed by atoms with Gasteiger partial charge in [0.15, 0.2) is 4.87 Å². The minimum atomic E-state index is -1.94. The molecule has 1 aliphatic heterocycles. The molecular weight excluding hydrogens is 442 g/mol. The molecular formula is C24H39NO5SSi. The monoisotopic (exact) mass is 481 g/mol. The fraction of sp³-hybridized carbons (Fsp3) is 0.667. The summed E-state index contributed by atoms with van der Waals surface area (Å²) in [6.07, 6.45) is 0.0117. The van der Waals surface area contributed by atoms with E-state index in [1.165, 1.54) is 18.9 Å². The van der Waals surface area contributed by atoms with Crippen molar-refractivity contribution in [1.29, 1.82) is 0 Å². The van der Waals surface area contributed by atoms with E-state index < -0.39 is 30.9 Å². The Hall–Kier alpha value is -1.67. The number of benzene rings is 1. The lowest BCUT2D eigenvalue weighted by Crippen LogP contribution is -2.48. The van der Waals surface area contributed by atoms with Gasteiger partial charge >= 0.3 is 12.1 Å². The molecule has 1 aromatic rings. The molecule has 0 saturated carbocycles. The number of methoxy groups -OCH3 is 1. The number of nitrogens with one attached hydrogen (secondary N) is 1. The van der Waals surface area contributed by atoms with Crippen molar-refractivity contribution in [3.63, 3.8) is 0 Å². The van der Waals surface area contributed by atoms with E-state index in [1.807, 2.05) is 0 Å². The van der Waals surface area contributed by atoms with E-state index >= 15 is 0 Å². The van der Waals surface area contributed by atoms with Crippen molar-refractivity contribution in [2.75, 3.05) is 7.11 Å². The second-order valence-corrected chi connectivity index (χ2v) is 17.2. The zero-order valence-electron chi connectivity index (χ0n) is 21.4. The maximum absolute atomic E-state index is 12.5. The molecule has 0 aromatic heterocycles. The summed E-state index contributed by atoms with van der Waals surface area (Å²) in [7, 11) is -0.603. The first-order chi connectivity index (χ1) is 14.4. The van der Waals surface area contributed by atoms with Crippen LogP contribution in [0.25, 0.3) is 0 Å². The van der Waals surface area contributed by atoms with E-state index in [-0.39, 0.29) is 10.3 Å². The normalized spacial score (nSPS) is 21.0. The van der Waals surface area contributed by atoms with Crippen molar-refractivity contribution in [2.24, 2.45) is 0 Å². The maximum atomic E-state index is 12.5. The first-order valence-electron chi connectivity index (χ1n) is 11.0. The van der Waals surface area contributed by atoms with E-state index in [4.69, 9.17) is 13.9 Å². The van der Waals surface area contributed by atoms with Crippen molar-refractivity contribution in [3.8, 4) is 5.75 Å². The molecule has 0 bridgehead atoms. The Labute approximate surface area is 198 Å². The molecule has 1 aromatic carbocycles. The van der Waals surface area contributed by atoms with Crippen LogP contribution in [0.3, 0.4) is 0 Å². The van der Waals surface area contributed by atoms with Crippen LogP contribution in [0, 0.1) is 13.8 Å². The SMILES string of the molecule is COC(=O)C1(NC(=O)OC(C)(C)C)SC1Cc1c(C)cc(O[Si](C)(C)C(C)(C)C)cc1C. The molecule has 2 rings (SSSR count). The van der Waals surface area contributed by atoms with Crippen molar-refractivity contribution >= 4 is 32.1 Å². The van der Waals surface area contributed by atoms with Gasteiger partial charge in [0.05, 0.1) is 12.4 Å². The number of amides is 1. The third kappa shape index (κ3) is 6.01. The molecule has 1 saturated heterocycles. The van der Waals surface area contributed by atoms with Crippen molar-refractivity contribution < 1.29 is 23.5 Å². The van der Waals surface area contributed by atoms with E-state index in [9.17, 15) is 9.59 Å². The quantitative estimate of drug-likeness (QED) is 0.317. The minimum Gasteiger partial charge on any atom is -0.543 e. The molecule has 0 radical (unpaired) electrons. The fourth-order valence-corrected chi connectivity index (χ4v) is 5.50. The highest BCUT2D eigenvalue weighted by atomic mass is 32.2. The van der Waals surface area contributed by atoms with Crippen LogP contribution in [0.15, 0.2) is 12.1 Å². The first kappa shape index (κ1) is 26.6. The van der Waals surface area contributed by atoms with Gasteiger partial charge in [-0.15, -0.1) is 11.8 Å². The highest BCUT2D eigenvalue weighted by Crippen LogP contribution is 2.54. The topological polar surface area (TPSA) is 73.9 Å². The number of alkyl carbamates (subject to hydrolysis) is 1. The zero-order chi connectivity index (χ0) is 24.7. The molecule has 1 amide bonds. The number of aryl methyl sites for hydroxylation is 2. The number of ether oxygens (including phenoxy) is 2. The summed E-state index contributed by atoms with van der Waals surface area (Å²) in [6.45, 7) is 20.6. The van der Waals surface area contributed by atoms with Crippen LogP contribution in [-0.2, 0) is 20.7 Å². The number of esters is 1. The van der Waals surface area contributed by atoms with E-state index in [0.717, 1.165) is 22.4 Å². The van der Waals surface area contributed by atoms with Gasteiger partial charge in [-0.1, -0.05) is 20.8 Å². The van der Waals surface area contributed by atoms with Crippen LogP contribution in [0.5, 0.6) is 5.75 Å². The molecule has 2 unspecified atom stereocenters. The lowest BCUT2D eigenvalue weighted by molar-refractivity contribution is -0.143. The summed E-state index contributed by atoms with van der Waals surface area (Å²) in [5, 5.41) is 2.74. The van der Waals surface area contributed by atoms with Crippen molar-refractivity contribution in [3.05, 3.63) is 28.8 Å². The van der Waals surface area contributed by atoms with Crippen LogP contribution in [-0.4, -0.2) is 43.2 Å². The average molecular weight is 482 g/mol. The van der Waals surface area contributed by atoms with Crippen LogP contribution < -0.4 is 9.74 Å². The number of carbonyl (C=O) groups is 2. The molecule has 0 spiro atoms. The van der Waals surface area contributed by atoms with E-state index in [1.54, 1.807) is 20.8 Å². The van der Waals surface area contributed by atoms with Crippen molar-refractivity contribution in [1.82, 2.24) is 5.32 Å². The maximum Gasteiger partial charge on any atom is 0.409 e. The molecule has 32 heavy (non-hydrogen) atoms. The standard InChI is InChI=1S/C24H39NO5SSi/c1-15-12-17(30-32(10,11)23(6,7)8)13-16(2)18(15)14-19-24(31-19,20(26)28-9)25-21(27)29-22(3,4)5/h12-13,19H,14H2,1-11H3,(H,25,27). The number of rotatable bonds is 6. The molecule has 180 valence electrons. The van der Waals surface area contributed by atoms with Gasteiger partial charge in [-0.25, -0.2) is 9.59 Å². The Balaban J connectivity index is 2.21. The average Bonchev–Trinajstić information content (AvgIpc) is 3.27. The van der Waals surface area contributed by atoms with Crippen LogP contribution in [0.2, 0.25) is 18.1 Å². The summed E-state index contributed by atoms with van der Waals surface area (Å²) in [6, 6.07) is 4.16. The molecule has 8 heteroatoms. The molecule has 1 heterocycles. The second-order valence-electron chi connectivity index (χ2n) is 11.1. The van der Waals surface area contributed by atoms with E-state index in [2.05, 4.69) is 65.2 Å². The smallest absolute Gasteiger partial charge is 0.409 e. The first-order valence-corrected chi connectivity index (χ1v) is 14.8. The highest BCUT2D eigenvalue weighted by Gasteiger charge is 2.64. The van der Waals surface area contributed by atoms with Crippen LogP contribution in [0.4, 0.5) is 4.79 Å². The third-order valence-electron chi connectivity index (χ3n) is 6.14. The largest absolute Gasteiger partial charge is 0.543 e. The van der Waals surface area contributed by atoms with Gasteiger partial charge in [0, 0.05) is 0 Å². The fourth-order valence-electron chi connectivity index (χ4n) is 3.29. The molecule has 1 fully saturated rings. The molecule has 2 atom stereocenters. The van der Waals surface area contributed by atoms with Crippen LogP contribution >= 0.6 is 11.8 Å². The van der Waals surface area contributed by atoms with Gasteiger partial charge < -0.3 is 13.9 Å². The van der Waals surface area contributed by atoms with Gasteiger partial charge in [0.2, 0.25) is 8.32 Å². The molecule has 0 aliphatic carbocycles. The Morgan fingerprint density at radius 3 is 2.06 bits per heavy atom. The number of carbonyl (C=O) groups excluding carboxylic acids is 2. The third-order valence-corrected chi connectivity index (χ3v) is 12.0. The molecule has 1 N–H and O–H groups in total. The minimum absolute atomic E-state index is 0.117. The van der Waals surface area contributed by atoms with Crippen LogP contribution in [0.1, 0.15) is 58.2 Å². The molecule has 6 nitrogen and oxygen atoms in total.